The second kappa shape index (κ2) is 9.48. The summed E-state index contributed by atoms with van der Waals surface area (Å²) in [6.45, 7) is 4.26. The van der Waals surface area contributed by atoms with Crippen molar-refractivity contribution in [2.24, 2.45) is 5.92 Å². The molecule has 1 aromatic rings. The Morgan fingerprint density at radius 1 is 1.07 bits per heavy atom. The topological polar surface area (TPSA) is 71.1 Å². The number of ether oxygens (including phenoxy) is 2. The van der Waals surface area contributed by atoms with Crippen LogP contribution >= 0.6 is 0 Å². The molecule has 3 fully saturated rings. The summed E-state index contributed by atoms with van der Waals surface area (Å²) in [5.41, 5.74) is 0.725. The summed E-state index contributed by atoms with van der Waals surface area (Å²) in [6.07, 6.45) is 6.11. The second-order valence-electron chi connectivity index (χ2n) is 8.23. The largest absolute Gasteiger partial charge is 0.491 e. The fourth-order valence-electron chi connectivity index (χ4n) is 4.35. The van der Waals surface area contributed by atoms with E-state index in [1.165, 1.54) is 0 Å². The first-order chi connectivity index (χ1) is 14.2. The molecule has 0 radical (unpaired) electrons. The molecule has 158 valence electrons. The third kappa shape index (κ3) is 5.21. The number of hydrogen-bond donors (Lipinski definition) is 1. The van der Waals surface area contributed by atoms with Gasteiger partial charge in [0.1, 0.15) is 12.4 Å². The van der Waals surface area contributed by atoms with Gasteiger partial charge in [0.15, 0.2) is 0 Å². The Morgan fingerprint density at radius 2 is 1.90 bits per heavy atom. The molecule has 0 saturated carbocycles. The summed E-state index contributed by atoms with van der Waals surface area (Å²) in [4.78, 5) is 29.2. The van der Waals surface area contributed by atoms with Crippen LogP contribution < -0.4 is 10.1 Å². The summed E-state index contributed by atoms with van der Waals surface area (Å²) in [6, 6.07) is 7.58. The number of rotatable bonds is 5. The monoisotopic (exact) mass is 401 g/mol. The quantitative estimate of drug-likeness (QED) is 0.823. The lowest BCUT2D eigenvalue weighted by Gasteiger charge is -2.34. The lowest BCUT2D eigenvalue weighted by Crippen LogP contribution is -2.48. The molecule has 3 saturated heterocycles. The molecule has 1 aromatic carbocycles. The molecule has 0 unspecified atom stereocenters. The van der Waals surface area contributed by atoms with Gasteiger partial charge in [0.25, 0.3) is 0 Å². The Kier molecular flexibility index (Phi) is 6.54. The van der Waals surface area contributed by atoms with Gasteiger partial charge < -0.3 is 24.6 Å². The first-order valence-corrected chi connectivity index (χ1v) is 10.9. The maximum atomic E-state index is 12.8. The van der Waals surface area contributed by atoms with Crippen molar-refractivity contribution in [2.45, 2.75) is 44.6 Å². The summed E-state index contributed by atoms with van der Waals surface area (Å²) < 4.78 is 11.4. The molecule has 0 spiro atoms. The Bertz CT molecular complexity index is 714. The van der Waals surface area contributed by atoms with Crippen molar-refractivity contribution in [3.63, 3.8) is 0 Å². The van der Waals surface area contributed by atoms with Crippen molar-refractivity contribution in [1.29, 1.82) is 0 Å². The summed E-state index contributed by atoms with van der Waals surface area (Å²) in [5, 5.41) is 3.01. The highest BCUT2D eigenvalue weighted by Crippen LogP contribution is 2.23. The Labute approximate surface area is 172 Å². The zero-order valence-corrected chi connectivity index (χ0v) is 17.0. The molecular weight excluding hydrogens is 370 g/mol. The second-order valence-corrected chi connectivity index (χ2v) is 8.23. The number of nitrogens with zero attached hydrogens (tertiary/aromatic N) is 2. The lowest BCUT2D eigenvalue weighted by molar-refractivity contribution is -0.121. The van der Waals surface area contributed by atoms with Crippen LogP contribution in [0.2, 0.25) is 0 Å². The maximum absolute atomic E-state index is 12.8. The summed E-state index contributed by atoms with van der Waals surface area (Å²) in [7, 11) is 0. The van der Waals surface area contributed by atoms with E-state index in [0.29, 0.717) is 13.2 Å². The van der Waals surface area contributed by atoms with Crippen LogP contribution in [0, 0.1) is 5.92 Å². The van der Waals surface area contributed by atoms with Gasteiger partial charge in [0.05, 0.1) is 12.0 Å². The standard InChI is InChI=1S/C22H31N3O4/c26-21(17-6-4-12-25(15-17)22(27)24-10-1-2-11-24)23-18-7-3-8-19(14-18)29-16-20-9-5-13-28-20/h3,7-8,14,17,20H,1-2,4-6,9-13,15-16H2,(H,23,26)/t17-,20+/m1/s1. The average molecular weight is 402 g/mol. The van der Waals surface area contributed by atoms with Gasteiger partial charge in [-0.15, -0.1) is 0 Å². The van der Waals surface area contributed by atoms with Crippen molar-refractivity contribution in [1.82, 2.24) is 9.80 Å². The normalized spacial score (nSPS) is 24.6. The van der Waals surface area contributed by atoms with Crippen molar-refractivity contribution >= 4 is 17.6 Å². The summed E-state index contributed by atoms with van der Waals surface area (Å²) in [5.74, 6) is 0.528. The van der Waals surface area contributed by atoms with Crippen LogP contribution in [-0.4, -0.2) is 67.2 Å². The van der Waals surface area contributed by atoms with Crippen molar-refractivity contribution in [2.75, 3.05) is 44.7 Å². The highest BCUT2D eigenvalue weighted by molar-refractivity contribution is 5.93. The zero-order chi connectivity index (χ0) is 20.1. The fraction of sp³-hybridized carbons (Fsp3) is 0.636. The van der Waals surface area contributed by atoms with Crippen LogP contribution in [-0.2, 0) is 9.53 Å². The molecule has 29 heavy (non-hydrogen) atoms. The van der Waals surface area contributed by atoms with Crippen LogP contribution in [0.15, 0.2) is 24.3 Å². The number of urea groups is 1. The molecule has 1 N–H and O–H groups in total. The first-order valence-electron chi connectivity index (χ1n) is 10.9. The number of nitrogens with one attached hydrogen (secondary N) is 1. The molecule has 3 heterocycles. The van der Waals surface area contributed by atoms with Gasteiger partial charge in [0, 0.05) is 44.5 Å². The third-order valence-electron chi connectivity index (χ3n) is 6.00. The van der Waals surface area contributed by atoms with Crippen molar-refractivity contribution in [3.8, 4) is 5.75 Å². The van der Waals surface area contributed by atoms with Crippen LogP contribution in [0.4, 0.5) is 10.5 Å². The van der Waals surface area contributed by atoms with Crippen LogP contribution in [0.3, 0.4) is 0 Å². The van der Waals surface area contributed by atoms with E-state index in [-0.39, 0.29) is 24.0 Å². The fourth-order valence-corrected chi connectivity index (χ4v) is 4.35. The van der Waals surface area contributed by atoms with Crippen molar-refractivity contribution < 1.29 is 19.1 Å². The van der Waals surface area contributed by atoms with E-state index in [1.807, 2.05) is 34.1 Å². The lowest BCUT2D eigenvalue weighted by atomic mass is 9.97. The van der Waals surface area contributed by atoms with E-state index in [4.69, 9.17) is 9.47 Å². The van der Waals surface area contributed by atoms with Gasteiger partial charge in [-0.25, -0.2) is 4.79 Å². The molecular formula is C22H31N3O4. The van der Waals surface area contributed by atoms with E-state index in [2.05, 4.69) is 5.32 Å². The Balaban J connectivity index is 1.30. The average Bonchev–Trinajstić information content (AvgIpc) is 3.46. The van der Waals surface area contributed by atoms with Crippen LogP contribution in [0.1, 0.15) is 38.5 Å². The van der Waals surface area contributed by atoms with Gasteiger partial charge >= 0.3 is 6.03 Å². The molecule has 2 atom stereocenters. The molecule has 0 aromatic heterocycles. The van der Waals surface area contributed by atoms with E-state index in [1.54, 1.807) is 0 Å². The molecule has 7 heteroatoms. The Morgan fingerprint density at radius 3 is 2.69 bits per heavy atom. The minimum atomic E-state index is -0.174. The van der Waals surface area contributed by atoms with Gasteiger partial charge in [-0.3, -0.25) is 4.79 Å². The molecule has 0 bridgehead atoms. The predicted molar refractivity (Wildman–Crippen MR) is 110 cm³/mol. The number of likely N-dealkylation sites (tertiary alicyclic amines) is 2. The number of carbonyl (C=O) groups is 2. The highest BCUT2D eigenvalue weighted by atomic mass is 16.5. The van der Waals surface area contributed by atoms with Crippen LogP contribution in [0.5, 0.6) is 5.75 Å². The van der Waals surface area contributed by atoms with Gasteiger partial charge in [-0.1, -0.05) is 6.07 Å². The maximum Gasteiger partial charge on any atom is 0.320 e. The van der Waals surface area contributed by atoms with Gasteiger partial charge in [0.2, 0.25) is 5.91 Å². The number of carbonyl (C=O) groups excluding carboxylic acids is 2. The minimum absolute atomic E-state index is 0.0276. The number of amides is 3. The Hall–Kier alpha value is -2.28. The van der Waals surface area contributed by atoms with E-state index in [0.717, 1.165) is 76.2 Å². The third-order valence-corrected chi connectivity index (χ3v) is 6.00. The number of hydrogen-bond acceptors (Lipinski definition) is 4. The molecule has 3 aliphatic heterocycles. The number of piperidine rings is 1. The zero-order valence-electron chi connectivity index (χ0n) is 17.0. The molecule has 7 nitrogen and oxygen atoms in total. The highest BCUT2D eigenvalue weighted by Gasteiger charge is 2.31. The van der Waals surface area contributed by atoms with Gasteiger partial charge in [-0.05, 0) is 50.7 Å². The van der Waals surface area contributed by atoms with Crippen molar-refractivity contribution in [3.05, 3.63) is 24.3 Å². The first kappa shape index (κ1) is 20.0. The van der Waals surface area contributed by atoms with E-state index in [9.17, 15) is 9.59 Å². The predicted octanol–water partition coefficient (Wildman–Crippen LogP) is 3.11. The minimum Gasteiger partial charge on any atom is -0.491 e. The number of anilines is 1. The van der Waals surface area contributed by atoms with E-state index >= 15 is 0 Å². The van der Waals surface area contributed by atoms with E-state index < -0.39 is 0 Å². The molecule has 4 rings (SSSR count). The van der Waals surface area contributed by atoms with Gasteiger partial charge in [-0.2, -0.15) is 0 Å². The molecule has 3 aliphatic rings. The smallest absolute Gasteiger partial charge is 0.320 e. The van der Waals surface area contributed by atoms with Crippen LogP contribution in [0.25, 0.3) is 0 Å². The molecule has 0 aliphatic carbocycles. The summed E-state index contributed by atoms with van der Waals surface area (Å²) >= 11 is 0. The molecule has 3 amide bonds. The SMILES string of the molecule is O=C(Nc1cccc(OC[C@@H]2CCCO2)c1)[C@@H]1CCCN(C(=O)N2CCCC2)C1. The number of benzene rings is 1.